The smallest absolute Gasteiger partial charge is 0.504 e. The molecule has 0 bridgehead atoms. The number of hydrogen-bond donors (Lipinski definition) is 3. The Bertz CT molecular complexity index is 1950. The van der Waals surface area contributed by atoms with E-state index >= 15 is 0 Å². The second-order valence-corrected chi connectivity index (χ2v) is 16.2. The first-order valence-corrected chi connectivity index (χ1v) is 19.3. The van der Waals surface area contributed by atoms with E-state index in [2.05, 4.69) is 9.68 Å². The molecule has 0 amide bonds. The van der Waals surface area contributed by atoms with Gasteiger partial charge in [-0.15, -0.1) is 31.8 Å². The Morgan fingerprint density at radius 2 is 1.63 bits per heavy atom. The molecule has 1 aromatic rings. The van der Waals surface area contributed by atoms with Crippen molar-refractivity contribution in [1.82, 2.24) is 0 Å². The number of Topliss-reactive ketones (excluding diaryl/α,β-unsaturated/α-hetero) is 1. The summed E-state index contributed by atoms with van der Waals surface area (Å²) in [4.78, 5) is 94.1. The average Bonchev–Trinajstić information content (AvgIpc) is 3.38. The van der Waals surface area contributed by atoms with Gasteiger partial charge in [-0.1, -0.05) is 32.4 Å². The summed E-state index contributed by atoms with van der Waals surface area (Å²) in [6.45, 7) is 3.31. The summed E-state index contributed by atoms with van der Waals surface area (Å²) in [7, 11) is 0. The molecule has 3 fully saturated rings. The molecular weight excluding hydrogens is 808 g/mol. The van der Waals surface area contributed by atoms with Crippen molar-refractivity contribution in [2.75, 3.05) is 26.4 Å². The molecule has 0 heterocycles. The lowest BCUT2D eigenvalue weighted by Crippen LogP contribution is -2.69. The van der Waals surface area contributed by atoms with E-state index in [4.69, 9.17) is 30.5 Å². The number of aliphatic hydroxyl groups excluding tert-OH is 1. The molecular formula is C38H45ClN2O18. The minimum Gasteiger partial charge on any atom is -0.504 e. The monoisotopic (exact) mass is 852 g/mol. The third kappa shape index (κ3) is 8.37. The van der Waals surface area contributed by atoms with Gasteiger partial charge in [0.1, 0.15) is 0 Å². The minimum absolute atomic E-state index is 0.141. The Morgan fingerprint density at radius 3 is 2.31 bits per heavy atom. The molecule has 3 N–H and O–H groups in total. The number of aromatic hydroxyl groups is 2. The Hall–Kier alpha value is -5.50. The van der Waals surface area contributed by atoms with Crippen molar-refractivity contribution in [3.63, 3.8) is 0 Å². The second-order valence-electron chi connectivity index (χ2n) is 15.6. The number of esters is 2. The fraction of sp³-hybridized carbons (Fsp3) is 0.605. The molecule has 21 heteroatoms. The van der Waals surface area contributed by atoms with Crippen LogP contribution in [0.3, 0.4) is 0 Å². The molecule has 8 atom stereocenters. The molecule has 20 nitrogen and oxygen atoms in total. The molecule has 322 valence electrons. The van der Waals surface area contributed by atoms with E-state index in [9.17, 15) is 59.5 Å². The van der Waals surface area contributed by atoms with Crippen LogP contribution < -0.4 is 4.74 Å². The first-order valence-electron chi connectivity index (χ1n) is 18.9. The fourth-order valence-electron chi connectivity index (χ4n) is 9.72. The molecule has 0 spiro atoms. The molecule has 4 aliphatic carbocycles. The molecule has 3 saturated carbocycles. The van der Waals surface area contributed by atoms with Crippen LogP contribution in [-0.4, -0.2) is 98.2 Å². The molecule has 0 saturated heterocycles. The highest BCUT2D eigenvalue weighted by molar-refractivity contribution is 6.26. The summed E-state index contributed by atoms with van der Waals surface area (Å²) in [6.07, 6.45) is 2.59. The maximum absolute atomic E-state index is 14.6. The third-order valence-corrected chi connectivity index (χ3v) is 13.3. The Balaban J connectivity index is 1.36. The van der Waals surface area contributed by atoms with Gasteiger partial charge in [0.2, 0.25) is 11.5 Å². The van der Waals surface area contributed by atoms with E-state index in [1.807, 2.05) is 6.92 Å². The molecule has 1 aromatic carbocycles. The van der Waals surface area contributed by atoms with Crippen LogP contribution in [0.25, 0.3) is 0 Å². The van der Waals surface area contributed by atoms with E-state index in [1.165, 1.54) is 12.2 Å². The number of unbranched alkanes of at least 4 members (excludes halogenated alkanes) is 1. The quantitative estimate of drug-likeness (QED) is 0.0284. The maximum Gasteiger partial charge on any atom is 0.514 e. The second kappa shape index (κ2) is 17.4. The number of carbonyl (C=O) groups is 5. The summed E-state index contributed by atoms with van der Waals surface area (Å²) < 4.78 is 21.4. The number of carbonyl (C=O) groups excluding carboxylic acids is 5. The van der Waals surface area contributed by atoms with Crippen LogP contribution in [0.15, 0.2) is 35.9 Å². The minimum atomic E-state index is -2.05. The fourth-order valence-corrected chi connectivity index (χ4v) is 10.2. The molecule has 2 unspecified atom stereocenters. The molecule has 0 aliphatic heterocycles. The number of phenols is 2. The highest BCUT2D eigenvalue weighted by atomic mass is 35.5. The lowest BCUT2D eigenvalue weighted by atomic mass is 9.45. The largest absolute Gasteiger partial charge is 0.514 e. The number of aliphatic hydroxyl groups is 1. The van der Waals surface area contributed by atoms with E-state index in [0.29, 0.717) is 12.8 Å². The van der Waals surface area contributed by atoms with Crippen LogP contribution in [0.5, 0.6) is 17.2 Å². The van der Waals surface area contributed by atoms with E-state index in [-0.39, 0.29) is 56.7 Å². The van der Waals surface area contributed by atoms with Crippen LogP contribution in [0.2, 0.25) is 0 Å². The van der Waals surface area contributed by atoms with E-state index in [1.54, 1.807) is 19.9 Å². The molecule has 0 aromatic heterocycles. The molecule has 59 heavy (non-hydrogen) atoms. The number of halogens is 1. The van der Waals surface area contributed by atoms with Crippen LogP contribution in [0.4, 0.5) is 4.79 Å². The lowest BCUT2D eigenvalue weighted by molar-refractivity contribution is -0.757. The van der Waals surface area contributed by atoms with Crippen molar-refractivity contribution >= 4 is 41.3 Å². The number of fused-ring (bicyclic) bond motifs is 5. The number of benzene rings is 1. The number of nitrogens with zero attached hydrogens (tertiary/aromatic N) is 2. The molecule has 0 radical (unpaired) electrons. The number of hydrogen-bond acceptors (Lipinski definition) is 18. The Labute approximate surface area is 341 Å². The standard InChI is InChI=1S/C38H45ClN2O18/c1-21-15-26-25-9-8-23-18-24(42)10-11-35(23,2)37(25,39)29(44)19-36(26,3)38(21,59-31(46)7-6-14-57-41(52)53)30(45)20-55-34(49)58-28-17-22(16-27(43)32(28)47)33(48)54-12-4-5-13-56-40(50)51/h10-11,16-18,21,25-26,29,43-44,47H,4-9,12-15,19-20H2,1-3H3/t21-,25?,26?,29-,35-,36-,37-,38-/m0/s1. The van der Waals surface area contributed by atoms with Gasteiger partial charge in [-0.25, -0.2) is 9.59 Å². The highest BCUT2D eigenvalue weighted by Gasteiger charge is 2.76. The van der Waals surface area contributed by atoms with Gasteiger partial charge in [-0.3, -0.25) is 14.4 Å². The summed E-state index contributed by atoms with van der Waals surface area (Å²) in [5.74, 6) is -7.31. The average molecular weight is 853 g/mol. The van der Waals surface area contributed by atoms with Crippen molar-refractivity contribution in [3.05, 3.63) is 61.7 Å². The normalized spacial score (nSPS) is 30.4. The van der Waals surface area contributed by atoms with Gasteiger partial charge in [0, 0.05) is 23.2 Å². The lowest BCUT2D eigenvalue weighted by Gasteiger charge is -2.64. The number of phenolic OH excluding ortho intramolecular Hbond substituents is 2. The van der Waals surface area contributed by atoms with Crippen LogP contribution in [0, 0.1) is 48.8 Å². The van der Waals surface area contributed by atoms with Gasteiger partial charge >= 0.3 is 18.1 Å². The Kier molecular flexibility index (Phi) is 13.1. The predicted octanol–water partition coefficient (Wildman–Crippen LogP) is 4.48. The van der Waals surface area contributed by atoms with Crippen LogP contribution in [0.1, 0.15) is 82.5 Å². The summed E-state index contributed by atoms with van der Waals surface area (Å²) in [6, 6.07) is 1.69. The summed E-state index contributed by atoms with van der Waals surface area (Å²) in [5.41, 5.74) is -3.91. The number of allylic oxidation sites excluding steroid dienone is 4. The maximum atomic E-state index is 14.6. The Morgan fingerprint density at radius 1 is 0.966 bits per heavy atom. The zero-order valence-corrected chi connectivity index (χ0v) is 33.2. The van der Waals surface area contributed by atoms with Gasteiger partial charge in [0.05, 0.1) is 36.4 Å². The van der Waals surface area contributed by atoms with Crippen molar-refractivity contribution in [3.8, 4) is 17.2 Å². The number of ketones is 2. The zero-order chi connectivity index (χ0) is 43.5. The summed E-state index contributed by atoms with van der Waals surface area (Å²) in [5, 5.41) is 51.6. The van der Waals surface area contributed by atoms with Crippen molar-refractivity contribution in [1.29, 1.82) is 0 Å². The number of rotatable bonds is 17. The van der Waals surface area contributed by atoms with Gasteiger partial charge in [0.15, 0.2) is 29.5 Å². The summed E-state index contributed by atoms with van der Waals surface area (Å²) >= 11 is 7.55. The van der Waals surface area contributed by atoms with Gasteiger partial charge in [-0.05, 0) is 81.1 Å². The third-order valence-electron chi connectivity index (χ3n) is 12.4. The predicted molar refractivity (Wildman–Crippen MR) is 198 cm³/mol. The van der Waals surface area contributed by atoms with Crippen LogP contribution >= 0.6 is 11.6 Å². The van der Waals surface area contributed by atoms with Crippen LogP contribution in [-0.2, 0) is 38.3 Å². The van der Waals surface area contributed by atoms with Crippen molar-refractivity contribution < 1.29 is 78.1 Å². The van der Waals surface area contributed by atoms with E-state index in [0.717, 1.165) is 17.7 Å². The molecule has 4 aliphatic rings. The highest BCUT2D eigenvalue weighted by Crippen LogP contribution is 2.72. The van der Waals surface area contributed by atoms with Crippen molar-refractivity contribution in [2.24, 2.45) is 28.6 Å². The van der Waals surface area contributed by atoms with E-state index < -0.39 is 116 Å². The van der Waals surface area contributed by atoms with Gasteiger partial charge in [-0.2, -0.15) is 0 Å². The molecule has 5 rings (SSSR count). The first kappa shape index (κ1) is 44.6. The van der Waals surface area contributed by atoms with Gasteiger partial charge < -0.3 is 43.9 Å². The van der Waals surface area contributed by atoms with Crippen molar-refractivity contribution in [2.45, 2.75) is 88.7 Å². The number of ether oxygens (including phenoxy) is 4. The SMILES string of the molecule is C[C@H]1CC2C3CCC4=CC(=O)C=C[C@]4(C)[C@@]3(Cl)[C@@H](O)C[C@]2(C)[C@@]1(OC(=O)CCCO[N+](=O)[O-])C(=O)COC(=O)Oc1cc(C(=O)OCCCCO[N+](=O)[O-])cc(O)c1O. The first-order chi connectivity index (χ1) is 27.7. The van der Waals surface area contributed by atoms with Gasteiger partial charge in [0.25, 0.3) is 10.2 Å². The topological polar surface area (TPSA) is 288 Å². The zero-order valence-electron chi connectivity index (χ0n) is 32.4. The number of alkyl halides is 1.